The molecule has 0 saturated heterocycles. The fourth-order valence-corrected chi connectivity index (χ4v) is 4.29. The number of aliphatic hydroxyl groups excluding tert-OH is 1. The van der Waals surface area contributed by atoms with Gasteiger partial charge in [-0.1, -0.05) is 11.6 Å². The van der Waals surface area contributed by atoms with E-state index in [0.717, 1.165) is 14.9 Å². The average molecular weight is 602 g/mol. The second-order valence-corrected chi connectivity index (χ2v) is 9.82. The van der Waals surface area contributed by atoms with Crippen LogP contribution in [0.4, 0.5) is 13.2 Å². The SMILES string of the molecule is Cc1ccn(CC(=O)Cc2ncccc2-n2cnc(Cn3nc(-c4ccc(Cl)cc4)n(C[C@H](O)C(F)(F)F)c3=O)n2)n1. The van der Waals surface area contributed by atoms with Crippen LogP contribution >= 0.6 is 11.6 Å². The number of Topliss-reactive ketones (excluding diaryl/α,β-unsaturated/α-hetero) is 1. The van der Waals surface area contributed by atoms with Crippen LogP contribution in [-0.4, -0.2) is 67.0 Å². The summed E-state index contributed by atoms with van der Waals surface area (Å²) in [6.07, 6.45) is -3.12. The van der Waals surface area contributed by atoms with Gasteiger partial charge in [0.15, 0.2) is 23.5 Å². The molecule has 5 rings (SSSR count). The maximum Gasteiger partial charge on any atom is 0.416 e. The number of aromatic nitrogens is 9. The molecule has 1 N–H and O–H groups in total. The Morgan fingerprint density at radius 1 is 1.07 bits per heavy atom. The molecule has 0 bridgehead atoms. The third-order valence-electron chi connectivity index (χ3n) is 6.18. The second-order valence-electron chi connectivity index (χ2n) is 9.38. The lowest BCUT2D eigenvalue weighted by Gasteiger charge is -2.15. The van der Waals surface area contributed by atoms with Crippen molar-refractivity contribution in [3.05, 3.63) is 93.9 Å². The lowest BCUT2D eigenvalue weighted by Crippen LogP contribution is -2.37. The first kappa shape index (κ1) is 28.9. The number of pyridine rings is 1. The lowest BCUT2D eigenvalue weighted by molar-refractivity contribution is -0.207. The number of carbonyl (C=O) groups excluding carboxylic acids is 1. The topological polar surface area (TPSA) is 139 Å². The second kappa shape index (κ2) is 11.7. The van der Waals surface area contributed by atoms with Crippen LogP contribution in [0.25, 0.3) is 17.1 Å². The van der Waals surface area contributed by atoms with E-state index in [0.29, 0.717) is 22.0 Å². The summed E-state index contributed by atoms with van der Waals surface area (Å²) in [6, 6.07) is 11.2. The number of ketones is 1. The summed E-state index contributed by atoms with van der Waals surface area (Å²) in [4.78, 5) is 34.3. The van der Waals surface area contributed by atoms with E-state index in [2.05, 4.69) is 25.3 Å². The molecule has 5 aromatic rings. The van der Waals surface area contributed by atoms with Gasteiger partial charge in [0.2, 0.25) is 0 Å². The van der Waals surface area contributed by atoms with E-state index in [4.69, 9.17) is 11.6 Å². The fraction of sp³-hybridized carbons (Fsp3) is 0.269. The highest BCUT2D eigenvalue weighted by molar-refractivity contribution is 6.30. The predicted molar refractivity (Wildman–Crippen MR) is 143 cm³/mol. The van der Waals surface area contributed by atoms with Crippen molar-refractivity contribution in [1.82, 2.24) is 43.9 Å². The Kier molecular flexibility index (Phi) is 8.04. The van der Waals surface area contributed by atoms with Gasteiger partial charge in [-0.15, -0.1) is 10.2 Å². The van der Waals surface area contributed by atoms with Crippen molar-refractivity contribution in [2.75, 3.05) is 0 Å². The lowest BCUT2D eigenvalue weighted by atomic mass is 10.1. The summed E-state index contributed by atoms with van der Waals surface area (Å²) in [7, 11) is 0. The standard InChI is InChI=1S/C26H23ClF3N9O3/c1-16-8-10-36(33-16)12-19(40)11-20-21(3-2-9-31-20)39-15-32-23(34-39)14-38-25(42)37(13-22(41)26(28,29)30)24(35-38)17-4-6-18(27)7-5-17/h2-10,15,22,41H,11-14H2,1H3/t22-/m0/s1. The van der Waals surface area contributed by atoms with Crippen molar-refractivity contribution in [1.29, 1.82) is 0 Å². The summed E-state index contributed by atoms with van der Waals surface area (Å²) < 4.78 is 44.0. The minimum Gasteiger partial charge on any atom is -0.382 e. The third kappa shape index (κ3) is 6.47. The number of carbonyl (C=O) groups is 1. The summed E-state index contributed by atoms with van der Waals surface area (Å²) in [6.45, 7) is 0.544. The third-order valence-corrected chi connectivity index (χ3v) is 6.43. The van der Waals surface area contributed by atoms with Crippen LogP contribution in [0.2, 0.25) is 5.02 Å². The molecule has 0 aliphatic rings. The number of aliphatic hydroxyl groups is 1. The molecular formula is C26H23ClF3N9O3. The molecule has 12 nitrogen and oxygen atoms in total. The van der Waals surface area contributed by atoms with Gasteiger partial charge in [0.05, 0.1) is 36.6 Å². The fourth-order valence-electron chi connectivity index (χ4n) is 4.17. The van der Waals surface area contributed by atoms with Crippen molar-refractivity contribution in [3.8, 4) is 17.1 Å². The quantitative estimate of drug-likeness (QED) is 0.258. The maximum atomic E-state index is 13.1. The van der Waals surface area contributed by atoms with Crippen LogP contribution in [-0.2, 0) is 30.8 Å². The Hall–Kier alpha value is -4.63. The first-order valence-corrected chi connectivity index (χ1v) is 12.9. The molecule has 4 heterocycles. The van der Waals surface area contributed by atoms with Crippen molar-refractivity contribution in [2.45, 2.75) is 45.3 Å². The van der Waals surface area contributed by atoms with Gasteiger partial charge in [0.25, 0.3) is 0 Å². The van der Waals surface area contributed by atoms with E-state index in [9.17, 15) is 27.9 Å². The number of halogens is 4. The van der Waals surface area contributed by atoms with Gasteiger partial charge in [-0.2, -0.15) is 18.3 Å². The van der Waals surface area contributed by atoms with E-state index in [-0.39, 0.29) is 36.9 Å². The van der Waals surface area contributed by atoms with Crippen LogP contribution in [0.1, 0.15) is 17.2 Å². The minimum atomic E-state index is -4.95. The molecule has 0 amide bonds. The summed E-state index contributed by atoms with van der Waals surface area (Å²) >= 11 is 5.93. The molecule has 0 radical (unpaired) electrons. The number of alkyl halides is 3. The van der Waals surface area contributed by atoms with Gasteiger partial charge in [-0.3, -0.25) is 19.0 Å². The molecular weight excluding hydrogens is 579 g/mol. The molecule has 218 valence electrons. The van der Waals surface area contributed by atoms with E-state index >= 15 is 0 Å². The van der Waals surface area contributed by atoms with Gasteiger partial charge >= 0.3 is 11.9 Å². The number of aryl methyl sites for hydroxylation is 1. The molecule has 0 aliphatic heterocycles. The Bertz CT molecular complexity index is 1770. The van der Waals surface area contributed by atoms with Crippen molar-refractivity contribution in [3.63, 3.8) is 0 Å². The number of hydrogen-bond donors (Lipinski definition) is 1. The molecule has 0 unspecified atom stereocenters. The highest BCUT2D eigenvalue weighted by Crippen LogP contribution is 2.24. The largest absolute Gasteiger partial charge is 0.416 e. The van der Waals surface area contributed by atoms with E-state index < -0.39 is 24.5 Å². The molecule has 0 spiro atoms. The number of nitrogens with zero attached hydrogens (tertiary/aromatic N) is 9. The summed E-state index contributed by atoms with van der Waals surface area (Å²) in [5.74, 6) is -0.111. The van der Waals surface area contributed by atoms with Crippen LogP contribution in [0.5, 0.6) is 0 Å². The Morgan fingerprint density at radius 2 is 1.83 bits per heavy atom. The maximum absolute atomic E-state index is 13.1. The predicted octanol–water partition coefficient (Wildman–Crippen LogP) is 2.63. The average Bonchev–Trinajstić information content (AvgIpc) is 3.65. The Balaban J connectivity index is 1.40. The number of rotatable bonds is 10. The Labute approximate surface area is 240 Å². The van der Waals surface area contributed by atoms with E-state index in [1.54, 1.807) is 30.6 Å². The van der Waals surface area contributed by atoms with Crippen LogP contribution in [0.15, 0.2) is 66.0 Å². The number of benzene rings is 1. The molecule has 16 heteroatoms. The highest BCUT2D eigenvalue weighted by atomic mass is 35.5. The van der Waals surface area contributed by atoms with Crippen molar-refractivity contribution < 1.29 is 23.1 Å². The highest BCUT2D eigenvalue weighted by Gasteiger charge is 2.39. The van der Waals surface area contributed by atoms with Crippen LogP contribution < -0.4 is 5.69 Å². The van der Waals surface area contributed by atoms with Crippen molar-refractivity contribution >= 4 is 17.4 Å². The molecule has 1 atom stereocenters. The zero-order chi connectivity index (χ0) is 30.0. The first-order chi connectivity index (χ1) is 20.0. The molecule has 42 heavy (non-hydrogen) atoms. The van der Waals surface area contributed by atoms with Gasteiger partial charge in [-0.25, -0.2) is 19.1 Å². The minimum absolute atomic E-state index is 0.000122. The normalized spacial score (nSPS) is 12.5. The monoisotopic (exact) mass is 601 g/mol. The van der Waals surface area contributed by atoms with Gasteiger partial charge in [-0.05, 0) is 49.4 Å². The molecule has 1 aromatic carbocycles. The number of hydrogen-bond acceptors (Lipinski definition) is 8. The summed E-state index contributed by atoms with van der Waals surface area (Å²) in [5.41, 5.74) is 1.13. The molecule has 4 aromatic heterocycles. The van der Waals surface area contributed by atoms with E-state index in [1.807, 2.05) is 6.92 Å². The van der Waals surface area contributed by atoms with Crippen LogP contribution in [0.3, 0.4) is 0 Å². The van der Waals surface area contributed by atoms with E-state index in [1.165, 1.54) is 40.0 Å². The molecule has 0 fully saturated rings. The summed E-state index contributed by atoms with van der Waals surface area (Å²) in [5, 5.41) is 22.9. The van der Waals surface area contributed by atoms with Gasteiger partial charge < -0.3 is 5.11 Å². The zero-order valence-electron chi connectivity index (χ0n) is 22.0. The smallest absolute Gasteiger partial charge is 0.382 e. The van der Waals surface area contributed by atoms with Gasteiger partial charge in [0.1, 0.15) is 12.9 Å². The van der Waals surface area contributed by atoms with Crippen molar-refractivity contribution in [2.24, 2.45) is 0 Å². The zero-order valence-corrected chi connectivity index (χ0v) is 22.7. The Morgan fingerprint density at radius 3 is 2.52 bits per heavy atom. The first-order valence-electron chi connectivity index (χ1n) is 12.5. The van der Waals surface area contributed by atoms with Gasteiger partial charge in [0, 0.05) is 23.0 Å². The van der Waals surface area contributed by atoms with Crippen LogP contribution in [0, 0.1) is 6.92 Å². The molecule has 0 saturated carbocycles. The molecule has 0 aliphatic carbocycles.